The number of carbonyl (C=O) groups excluding carboxylic acids is 1. The summed E-state index contributed by atoms with van der Waals surface area (Å²) in [4.78, 5) is 22.8. The number of nitrogens with zero attached hydrogens (tertiary/aromatic N) is 2. The van der Waals surface area contributed by atoms with Crippen molar-refractivity contribution in [3.63, 3.8) is 0 Å². The Balaban J connectivity index is 1.69. The number of rotatable bonds is 4. The lowest BCUT2D eigenvalue weighted by molar-refractivity contribution is 0.0988. The zero-order valence-electron chi connectivity index (χ0n) is 12.8. The van der Waals surface area contributed by atoms with Gasteiger partial charge in [-0.2, -0.15) is 0 Å². The van der Waals surface area contributed by atoms with Crippen LogP contribution < -0.4 is 4.74 Å². The summed E-state index contributed by atoms with van der Waals surface area (Å²) in [5, 5.41) is 1.05. The topological polar surface area (TPSA) is 52.1 Å². The molecule has 4 rings (SSSR count). The molecule has 23 heavy (non-hydrogen) atoms. The summed E-state index contributed by atoms with van der Waals surface area (Å²) in [6, 6.07) is 7.25. The van der Waals surface area contributed by atoms with Crippen molar-refractivity contribution in [2.45, 2.75) is 32.6 Å². The summed E-state index contributed by atoms with van der Waals surface area (Å²) < 4.78 is 5.99. The van der Waals surface area contributed by atoms with Gasteiger partial charge in [0, 0.05) is 16.9 Å². The summed E-state index contributed by atoms with van der Waals surface area (Å²) in [7, 11) is 0. The van der Waals surface area contributed by atoms with E-state index in [4.69, 9.17) is 4.74 Å². The first kappa shape index (κ1) is 14.3. The van der Waals surface area contributed by atoms with Gasteiger partial charge in [-0.05, 0) is 49.1 Å². The fourth-order valence-corrected chi connectivity index (χ4v) is 4.22. The van der Waals surface area contributed by atoms with Gasteiger partial charge in [0.1, 0.15) is 16.9 Å². The molecule has 0 amide bonds. The average molecular weight is 324 g/mol. The van der Waals surface area contributed by atoms with Crippen LogP contribution in [0.15, 0.2) is 30.6 Å². The zero-order chi connectivity index (χ0) is 15.8. The van der Waals surface area contributed by atoms with Crippen LogP contribution in [0.25, 0.3) is 10.2 Å². The van der Waals surface area contributed by atoms with Gasteiger partial charge in [0.2, 0.25) is 5.88 Å². The lowest BCUT2D eigenvalue weighted by Crippen LogP contribution is -1.96. The molecule has 1 aromatic carbocycles. The second-order valence-electron chi connectivity index (χ2n) is 5.62. The Morgan fingerprint density at radius 2 is 2.04 bits per heavy atom. The Labute approximate surface area is 138 Å². The molecule has 0 atom stereocenters. The number of aromatic nitrogens is 2. The molecule has 0 unspecified atom stereocenters. The summed E-state index contributed by atoms with van der Waals surface area (Å²) in [6.07, 6.45) is 5.46. The highest BCUT2D eigenvalue weighted by molar-refractivity contribution is 7.18. The molecule has 0 spiro atoms. The normalized spacial score (nSPS) is 13.3. The van der Waals surface area contributed by atoms with Crippen LogP contribution in [0.1, 0.15) is 40.6 Å². The SMILES string of the molecule is CCC(=O)c1ccc(Oc2ncnc3sc4c(c23)CCC4)cc1. The monoisotopic (exact) mass is 324 g/mol. The van der Waals surface area contributed by atoms with E-state index >= 15 is 0 Å². The summed E-state index contributed by atoms with van der Waals surface area (Å²) in [5.41, 5.74) is 2.06. The molecule has 3 aromatic rings. The number of aryl methyl sites for hydroxylation is 2. The van der Waals surface area contributed by atoms with Crippen LogP contribution >= 0.6 is 11.3 Å². The molecular formula is C18H16N2O2S. The zero-order valence-corrected chi connectivity index (χ0v) is 13.7. The number of thiophene rings is 1. The van der Waals surface area contributed by atoms with Gasteiger partial charge in [-0.1, -0.05) is 6.92 Å². The Hall–Kier alpha value is -2.27. The first-order valence-corrected chi connectivity index (χ1v) is 8.64. The summed E-state index contributed by atoms with van der Waals surface area (Å²) >= 11 is 1.74. The van der Waals surface area contributed by atoms with Crippen LogP contribution in [0.3, 0.4) is 0 Å². The van der Waals surface area contributed by atoms with Gasteiger partial charge < -0.3 is 4.74 Å². The molecule has 116 valence electrons. The van der Waals surface area contributed by atoms with Crippen LogP contribution in [0.2, 0.25) is 0 Å². The predicted molar refractivity (Wildman–Crippen MR) is 90.6 cm³/mol. The smallest absolute Gasteiger partial charge is 0.231 e. The minimum Gasteiger partial charge on any atom is -0.438 e. The standard InChI is InChI=1S/C18H16N2O2S/c1-2-14(21)11-6-8-12(9-7-11)22-17-16-13-4-3-5-15(13)23-18(16)20-10-19-17/h6-10H,2-5H2,1H3. The molecular weight excluding hydrogens is 308 g/mol. The second-order valence-corrected chi connectivity index (χ2v) is 6.70. The van der Waals surface area contributed by atoms with E-state index < -0.39 is 0 Å². The van der Waals surface area contributed by atoms with E-state index in [1.165, 1.54) is 16.9 Å². The van der Waals surface area contributed by atoms with Crippen LogP contribution in [0.4, 0.5) is 0 Å². The van der Waals surface area contributed by atoms with E-state index in [0.29, 0.717) is 23.6 Å². The Morgan fingerprint density at radius 1 is 1.22 bits per heavy atom. The van der Waals surface area contributed by atoms with E-state index in [0.717, 1.165) is 23.1 Å². The van der Waals surface area contributed by atoms with E-state index in [1.54, 1.807) is 29.8 Å². The molecule has 0 N–H and O–H groups in total. The number of carbonyl (C=O) groups is 1. The lowest BCUT2D eigenvalue weighted by atomic mass is 10.1. The minimum absolute atomic E-state index is 0.136. The van der Waals surface area contributed by atoms with E-state index in [9.17, 15) is 4.79 Å². The van der Waals surface area contributed by atoms with E-state index in [2.05, 4.69) is 9.97 Å². The van der Waals surface area contributed by atoms with Crippen LogP contribution in [-0.2, 0) is 12.8 Å². The van der Waals surface area contributed by atoms with Crippen molar-refractivity contribution in [1.29, 1.82) is 0 Å². The number of hydrogen-bond donors (Lipinski definition) is 0. The van der Waals surface area contributed by atoms with Crippen molar-refractivity contribution in [2.75, 3.05) is 0 Å². The third kappa shape index (κ3) is 2.51. The Kier molecular flexibility index (Phi) is 3.58. The third-order valence-corrected chi connectivity index (χ3v) is 5.38. The van der Waals surface area contributed by atoms with Crippen LogP contribution in [0.5, 0.6) is 11.6 Å². The number of Topliss-reactive ketones (excluding diaryl/α,β-unsaturated/α-hetero) is 1. The fourth-order valence-electron chi connectivity index (χ4n) is 3.00. The molecule has 0 saturated carbocycles. The minimum atomic E-state index is 0.136. The highest BCUT2D eigenvalue weighted by atomic mass is 32.1. The second kappa shape index (κ2) is 5.74. The fraction of sp³-hybridized carbons (Fsp3) is 0.278. The number of ether oxygens (including phenoxy) is 1. The van der Waals surface area contributed by atoms with Crippen molar-refractivity contribution in [1.82, 2.24) is 9.97 Å². The summed E-state index contributed by atoms with van der Waals surface area (Å²) in [5.74, 6) is 1.44. The Bertz CT molecular complexity index is 884. The summed E-state index contributed by atoms with van der Waals surface area (Å²) in [6.45, 7) is 1.86. The van der Waals surface area contributed by atoms with Crippen molar-refractivity contribution in [3.05, 3.63) is 46.6 Å². The van der Waals surface area contributed by atoms with Gasteiger partial charge in [-0.3, -0.25) is 4.79 Å². The number of fused-ring (bicyclic) bond motifs is 3. The van der Waals surface area contributed by atoms with Crippen molar-refractivity contribution in [2.24, 2.45) is 0 Å². The number of benzene rings is 1. The van der Waals surface area contributed by atoms with Gasteiger partial charge in [-0.25, -0.2) is 9.97 Å². The number of hydrogen-bond acceptors (Lipinski definition) is 5. The van der Waals surface area contributed by atoms with Crippen molar-refractivity contribution >= 4 is 27.3 Å². The molecule has 0 bridgehead atoms. The molecule has 5 heteroatoms. The molecule has 1 aliphatic carbocycles. The van der Waals surface area contributed by atoms with E-state index in [-0.39, 0.29) is 5.78 Å². The average Bonchev–Trinajstić information content (AvgIpc) is 3.16. The first-order valence-electron chi connectivity index (χ1n) is 7.82. The van der Waals surface area contributed by atoms with Gasteiger partial charge >= 0.3 is 0 Å². The maximum Gasteiger partial charge on any atom is 0.231 e. The van der Waals surface area contributed by atoms with Crippen molar-refractivity contribution < 1.29 is 9.53 Å². The third-order valence-electron chi connectivity index (χ3n) is 4.18. The van der Waals surface area contributed by atoms with Gasteiger partial charge in [0.05, 0.1) is 5.39 Å². The van der Waals surface area contributed by atoms with Crippen LogP contribution in [0, 0.1) is 0 Å². The van der Waals surface area contributed by atoms with Crippen molar-refractivity contribution in [3.8, 4) is 11.6 Å². The van der Waals surface area contributed by atoms with Gasteiger partial charge in [-0.15, -0.1) is 11.3 Å². The molecule has 0 fully saturated rings. The molecule has 2 aromatic heterocycles. The highest BCUT2D eigenvalue weighted by Gasteiger charge is 2.22. The maximum atomic E-state index is 11.7. The van der Waals surface area contributed by atoms with Crippen LogP contribution in [-0.4, -0.2) is 15.8 Å². The first-order chi connectivity index (χ1) is 11.3. The highest BCUT2D eigenvalue weighted by Crippen LogP contribution is 2.40. The van der Waals surface area contributed by atoms with Gasteiger partial charge in [0.15, 0.2) is 5.78 Å². The number of ketones is 1. The quantitative estimate of drug-likeness (QED) is 0.660. The van der Waals surface area contributed by atoms with E-state index in [1.807, 2.05) is 19.1 Å². The molecule has 0 aliphatic heterocycles. The predicted octanol–water partition coefficient (Wildman–Crippen LogP) is 4.57. The molecule has 0 radical (unpaired) electrons. The lowest BCUT2D eigenvalue weighted by Gasteiger charge is -2.07. The largest absolute Gasteiger partial charge is 0.438 e. The maximum absolute atomic E-state index is 11.7. The molecule has 0 saturated heterocycles. The molecule has 1 aliphatic rings. The molecule has 2 heterocycles. The molecule has 4 nitrogen and oxygen atoms in total. The van der Waals surface area contributed by atoms with Gasteiger partial charge in [0.25, 0.3) is 0 Å². The Morgan fingerprint density at radius 3 is 2.83 bits per heavy atom.